The second kappa shape index (κ2) is 8.52. The molecule has 0 radical (unpaired) electrons. The lowest BCUT2D eigenvalue weighted by Gasteiger charge is -2.38. The van der Waals surface area contributed by atoms with Crippen LogP contribution in [0, 0.1) is 28.6 Å². The Balaban J connectivity index is 1.60. The van der Waals surface area contributed by atoms with Gasteiger partial charge >= 0.3 is 0 Å². The summed E-state index contributed by atoms with van der Waals surface area (Å²) in [6, 6.07) is 13.2. The first-order valence-corrected chi connectivity index (χ1v) is 10.1. The standard InChI is InChI=1S/C24H31N/c1-2-3-5-8-20-11-13-23(14-12-20)24(19-25)17-15-22(16-18-24)21-9-6-4-7-10-21/h4,6-7,9-10,15-17,20,23H,2-3,5,8,11-14,18H2,1H3/t20?,23?,24-/m1/s1. The van der Waals surface area contributed by atoms with E-state index in [0.29, 0.717) is 5.92 Å². The molecule has 1 aromatic rings. The molecule has 0 unspecified atom stereocenters. The van der Waals surface area contributed by atoms with Crippen LogP contribution in [0.25, 0.3) is 5.57 Å². The lowest BCUT2D eigenvalue weighted by atomic mass is 9.64. The average molecular weight is 334 g/mol. The van der Waals surface area contributed by atoms with Crippen molar-refractivity contribution in [1.82, 2.24) is 0 Å². The van der Waals surface area contributed by atoms with Crippen molar-refractivity contribution in [1.29, 1.82) is 5.26 Å². The van der Waals surface area contributed by atoms with Crippen molar-refractivity contribution < 1.29 is 0 Å². The molecule has 0 amide bonds. The summed E-state index contributed by atoms with van der Waals surface area (Å²) >= 11 is 0. The van der Waals surface area contributed by atoms with Gasteiger partial charge < -0.3 is 0 Å². The van der Waals surface area contributed by atoms with Crippen LogP contribution < -0.4 is 0 Å². The van der Waals surface area contributed by atoms with Crippen LogP contribution in [0.15, 0.2) is 48.6 Å². The lowest BCUT2D eigenvalue weighted by molar-refractivity contribution is 0.180. The van der Waals surface area contributed by atoms with Crippen LogP contribution >= 0.6 is 0 Å². The van der Waals surface area contributed by atoms with Crippen LogP contribution in [0.2, 0.25) is 0 Å². The number of benzene rings is 1. The van der Waals surface area contributed by atoms with Crippen LogP contribution in [0.4, 0.5) is 0 Å². The Hall–Kier alpha value is -1.81. The van der Waals surface area contributed by atoms with E-state index in [1.54, 1.807) is 0 Å². The Bertz CT molecular complexity index is 640. The van der Waals surface area contributed by atoms with Crippen LogP contribution in [0.1, 0.15) is 70.3 Å². The predicted molar refractivity (Wildman–Crippen MR) is 106 cm³/mol. The second-order valence-corrected chi connectivity index (χ2v) is 7.93. The van der Waals surface area contributed by atoms with E-state index in [0.717, 1.165) is 12.3 Å². The van der Waals surface area contributed by atoms with Crippen LogP contribution in [0.3, 0.4) is 0 Å². The van der Waals surface area contributed by atoms with E-state index >= 15 is 0 Å². The van der Waals surface area contributed by atoms with Crippen molar-refractivity contribution in [2.45, 2.75) is 64.7 Å². The minimum atomic E-state index is -0.271. The molecule has 0 aromatic heterocycles. The molecule has 3 rings (SSSR count). The summed E-state index contributed by atoms with van der Waals surface area (Å²) < 4.78 is 0. The summed E-state index contributed by atoms with van der Waals surface area (Å²) in [5.41, 5.74) is 2.25. The lowest BCUT2D eigenvalue weighted by Crippen LogP contribution is -2.31. The summed E-state index contributed by atoms with van der Waals surface area (Å²) in [7, 11) is 0. The van der Waals surface area contributed by atoms with Gasteiger partial charge in [-0.15, -0.1) is 0 Å². The van der Waals surface area contributed by atoms with Crippen molar-refractivity contribution in [3.63, 3.8) is 0 Å². The number of hydrogen-bond donors (Lipinski definition) is 0. The minimum Gasteiger partial charge on any atom is -0.197 e. The molecule has 0 spiro atoms. The largest absolute Gasteiger partial charge is 0.197 e. The van der Waals surface area contributed by atoms with Gasteiger partial charge in [0.25, 0.3) is 0 Å². The normalized spacial score (nSPS) is 29.0. The molecular formula is C24H31N. The highest BCUT2D eigenvalue weighted by molar-refractivity contribution is 5.75. The molecule has 2 aliphatic rings. The number of hydrogen-bond acceptors (Lipinski definition) is 1. The fraction of sp³-hybridized carbons (Fsp3) is 0.542. The Morgan fingerprint density at radius 1 is 1.08 bits per heavy atom. The second-order valence-electron chi connectivity index (χ2n) is 7.93. The Labute approximate surface area is 153 Å². The number of nitriles is 1. The molecule has 0 saturated heterocycles. The molecule has 1 atom stereocenters. The summed E-state index contributed by atoms with van der Waals surface area (Å²) in [6.45, 7) is 2.28. The van der Waals surface area contributed by atoms with E-state index in [9.17, 15) is 5.26 Å². The van der Waals surface area contributed by atoms with Crippen LogP contribution in [-0.2, 0) is 0 Å². The van der Waals surface area contributed by atoms with E-state index in [-0.39, 0.29) is 5.41 Å². The molecule has 1 heteroatoms. The SMILES string of the molecule is CCCCCC1CCC([C@]2(C#N)C=CC(c3ccccc3)=CC2)CC1. The van der Waals surface area contributed by atoms with Gasteiger partial charge in [-0.25, -0.2) is 0 Å². The van der Waals surface area contributed by atoms with Crippen LogP contribution in [0.5, 0.6) is 0 Å². The number of allylic oxidation sites excluding steroid dienone is 4. The van der Waals surface area contributed by atoms with Gasteiger partial charge in [-0.05, 0) is 42.2 Å². The van der Waals surface area contributed by atoms with E-state index in [2.05, 4.69) is 61.6 Å². The zero-order valence-corrected chi connectivity index (χ0v) is 15.6. The highest BCUT2D eigenvalue weighted by atomic mass is 14.4. The molecule has 1 saturated carbocycles. The quantitative estimate of drug-likeness (QED) is 0.518. The van der Waals surface area contributed by atoms with Gasteiger partial charge in [0.1, 0.15) is 0 Å². The number of rotatable bonds is 6. The smallest absolute Gasteiger partial charge is 0.0819 e. The maximum Gasteiger partial charge on any atom is 0.0819 e. The molecule has 0 heterocycles. The first-order chi connectivity index (χ1) is 12.3. The van der Waals surface area contributed by atoms with Gasteiger partial charge in [0.05, 0.1) is 11.5 Å². The highest BCUT2D eigenvalue weighted by Gasteiger charge is 2.39. The third-order valence-corrected chi connectivity index (χ3v) is 6.33. The fourth-order valence-electron chi connectivity index (χ4n) is 4.62. The number of unbranched alkanes of at least 4 members (excludes halogenated alkanes) is 2. The predicted octanol–water partition coefficient (Wildman–Crippen LogP) is 6.93. The molecule has 1 aromatic carbocycles. The number of nitrogens with zero attached hydrogens (tertiary/aromatic N) is 1. The summed E-state index contributed by atoms with van der Waals surface area (Å²) in [6.07, 6.45) is 18.1. The van der Waals surface area contributed by atoms with Gasteiger partial charge in [0.15, 0.2) is 0 Å². The van der Waals surface area contributed by atoms with Crippen LogP contribution in [-0.4, -0.2) is 0 Å². The monoisotopic (exact) mass is 333 g/mol. The molecule has 0 N–H and O–H groups in total. The maximum absolute atomic E-state index is 9.96. The van der Waals surface area contributed by atoms with Gasteiger partial charge in [-0.1, -0.05) is 94.0 Å². The average Bonchev–Trinajstić information content (AvgIpc) is 2.69. The molecule has 0 aliphatic heterocycles. The Morgan fingerprint density at radius 3 is 2.44 bits per heavy atom. The summed E-state index contributed by atoms with van der Waals surface area (Å²) in [5, 5.41) is 9.96. The molecule has 132 valence electrons. The van der Waals surface area contributed by atoms with Gasteiger partial charge in [0, 0.05) is 0 Å². The topological polar surface area (TPSA) is 23.8 Å². The van der Waals surface area contributed by atoms with E-state index in [4.69, 9.17) is 0 Å². The summed E-state index contributed by atoms with van der Waals surface area (Å²) in [4.78, 5) is 0. The zero-order valence-electron chi connectivity index (χ0n) is 15.6. The highest BCUT2D eigenvalue weighted by Crippen LogP contribution is 2.47. The zero-order chi connectivity index (χ0) is 17.5. The van der Waals surface area contributed by atoms with E-state index in [1.165, 1.54) is 62.5 Å². The summed E-state index contributed by atoms with van der Waals surface area (Å²) in [5.74, 6) is 1.44. The molecule has 0 bridgehead atoms. The Kier molecular flexibility index (Phi) is 6.14. The third kappa shape index (κ3) is 4.24. The third-order valence-electron chi connectivity index (χ3n) is 6.33. The van der Waals surface area contributed by atoms with E-state index < -0.39 is 0 Å². The molecule has 1 fully saturated rings. The van der Waals surface area contributed by atoms with Crippen molar-refractivity contribution in [2.75, 3.05) is 0 Å². The Morgan fingerprint density at radius 2 is 1.84 bits per heavy atom. The molecule has 25 heavy (non-hydrogen) atoms. The molecule has 2 aliphatic carbocycles. The molecule has 1 nitrogen and oxygen atoms in total. The maximum atomic E-state index is 9.96. The first-order valence-electron chi connectivity index (χ1n) is 10.1. The van der Waals surface area contributed by atoms with E-state index in [1.807, 2.05) is 0 Å². The molecular weight excluding hydrogens is 302 g/mol. The first kappa shape index (κ1) is 18.0. The minimum absolute atomic E-state index is 0.271. The van der Waals surface area contributed by atoms with Crippen molar-refractivity contribution in [3.05, 3.63) is 54.1 Å². The van der Waals surface area contributed by atoms with Crippen molar-refractivity contribution >= 4 is 5.57 Å². The fourth-order valence-corrected chi connectivity index (χ4v) is 4.62. The van der Waals surface area contributed by atoms with Crippen molar-refractivity contribution in [2.24, 2.45) is 17.3 Å². The van der Waals surface area contributed by atoms with Gasteiger partial charge in [-0.2, -0.15) is 5.26 Å². The van der Waals surface area contributed by atoms with Gasteiger partial charge in [-0.3, -0.25) is 0 Å². The van der Waals surface area contributed by atoms with Gasteiger partial charge in [0.2, 0.25) is 0 Å². The van der Waals surface area contributed by atoms with Crippen molar-refractivity contribution in [3.8, 4) is 6.07 Å².